The minimum atomic E-state index is -0.934. The molecule has 0 fully saturated rings. The van der Waals surface area contributed by atoms with Crippen molar-refractivity contribution in [1.29, 1.82) is 0 Å². The predicted octanol–water partition coefficient (Wildman–Crippen LogP) is 3.43. The fraction of sp³-hybridized carbons (Fsp3) is 0.238. The maximum absolute atomic E-state index is 12.9. The molecule has 0 unspecified atom stereocenters. The molecule has 4 rings (SSSR count). The zero-order valence-electron chi connectivity index (χ0n) is 15.0. The second-order valence-electron chi connectivity index (χ2n) is 6.48. The maximum Gasteiger partial charge on any atom is 0.351 e. The van der Waals surface area contributed by atoms with Crippen molar-refractivity contribution in [1.82, 2.24) is 4.98 Å². The molecule has 3 aromatic rings. The Balaban J connectivity index is 1.49. The summed E-state index contributed by atoms with van der Waals surface area (Å²) < 4.78 is 16.6. The Hall–Kier alpha value is -3.28. The first kappa shape index (κ1) is 17.1. The third kappa shape index (κ3) is 3.14. The summed E-state index contributed by atoms with van der Waals surface area (Å²) in [5, 5.41) is 0.814. The number of aryl methyl sites for hydroxylation is 1. The van der Waals surface area contributed by atoms with E-state index in [1.807, 2.05) is 37.3 Å². The number of carbonyl (C=O) groups excluding carboxylic acids is 2. The summed E-state index contributed by atoms with van der Waals surface area (Å²) in [6, 6.07) is 14.6. The molecule has 27 heavy (non-hydrogen) atoms. The van der Waals surface area contributed by atoms with E-state index in [4.69, 9.17) is 14.2 Å². The van der Waals surface area contributed by atoms with E-state index < -0.39 is 18.2 Å². The molecule has 0 amide bonds. The van der Waals surface area contributed by atoms with E-state index in [9.17, 15) is 9.59 Å². The molecule has 0 radical (unpaired) electrons. The predicted molar refractivity (Wildman–Crippen MR) is 99.3 cm³/mol. The Morgan fingerprint density at radius 3 is 2.63 bits per heavy atom. The first-order chi connectivity index (χ1) is 13.0. The van der Waals surface area contributed by atoms with E-state index in [1.54, 1.807) is 25.1 Å². The number of nitrogens with one attached hydrogen (secondary N) is 1. The lowest BCUT2D eigenvalue weighted by atomic mass is 10.0. The van der Waals surface area contributed by atoms with Crippen LogP contribution in [0.4, 0.5) is 0 Å². The smallest absolute Gasteiger partial charge is 0.351 e. The van der Waals surface area contributed by atoms with Gasteiger partial charge in [0.1, 0.15) is 6.61 Å². The van der Waals surface area contributed by atoms with E-state index in [2.05, 4.69) is 4.98 Å². The molecule has 1 aliphatic rings. The average Bonchev–Trinajstić information content (AvgIpc) is 3.02. The van der Waals surface area contributed by atoms with Gasteiger partial charge in [-0.05, 0) is 32.0 Å². The highest BCUT2D eigenvalue weighted by atomic mass is 16.6. The van der Waals surface area contributed by atoms with Gasteiger partial charge in [0.2, 0.25) is 11.9 Å². The van der Waals surface area contributed by atoms with E-state index in [0.29, 0.717) is 17.1 Å². The number of aromatic amines is 1. The van der Waals surface area contributed by atoms with Crippen molar-refractivity contribution in [2.45, 2.75) is 26.1 Å². The molecule has 2 atom stereocenters. The third-order valence-corrected chi connectivity index (χ3v) is 4.57. The van der Waals surface area contributed by atoms with Gasteiger partial charge in [-0.2, -0.15) is 0 Å². The van der Waals surface area contributed by atoms with Crippen molar-refractivity contribution in [3.63, 3.8) is 0 Å². The van der Waals surface area contributed by atoms with E-state index >= 15 is 0 Å². The van der Waals surface area contributed by atoms with Gasteiger partial charge in [0, 0.05) is 22.2 Å². The molecular weight excluding hydrogens is 346 g/mol. The first-order valence-corrected chi connectivity index (χ1v) is 8.75. The number of ether oxygens (including phenoxy) is 3. The van der Waals surface area contributed by atoms with Gasteiger partial charge in [-0.1, -0.05) is 30.3 Å². The van der Waals surface area contributed by atoms with Crippen molar-refractivity contribution >= 4 is 22.7 Å². The number of fused-ring (bicyclic) bond motifs is 2. The van der Waals surface area contributed by atoms with E-state index in [1.165, 1.54) is 0 Å². The van der Waals surface area contributed by atoms with E-state index in [0.717, 1.165) is 16.6 Å². The Bertz CT molecular complexity index is 1020. The lowest BCUT2D eigenvalue weighted by Crippen LogP contribution is -2.40. The minimum absolute atomic E-state index is 0.0445. The Morgan fingerprint density at radius 1 is 1.11 bits per heavy atom. The third-order valence-electron chi connectivity index (χ3n) is 4.57. The molecule has 0 saturated carbocycles. The number of benzene rings is 2. The lowest BCUT2D eigenvalue weighted by molar-refractivity contribution is -0.157. The summed E-state index contributed by atoms with van der Waals surface area (Å²) in [5.74, 6) is 0.190. The largest absolute Gasteiger partial charge is 0.485 e. The van der Waals surface area contributed by atoms with Gasteiger partial charge in [-0.3, -0.25) is 4.79 Å². The summed E-state index contributed by atoms with van der Waals surface area (Å²) in [6.45, 7) is 3.44. The number of rotatable bonds is 4. The summed E-state index contributed by atoms with van der Waals surface area (Å²) in [5.41, 5.74) is 2.16. The van der Waals surface area contributed by atoms with Gasteiger partial charge in [-0.25, -0.2) is 4.79 Å². The summed E-state index contributed by atoms with van der Waals surface area (Å²) in [4.78, 5) is 28.5. The number of esters is 1. The normalized spacial score (nSPS) is 16.7. The average molecular weight is 365 g/mol. The fourth-order valence-corrected chi connectivity index (χ4v) is 3.24. The molecule has 0 bridgehead atoms. The molecule has 1 N–H and O–H groups in total. The molecule has 0 spiro atoms. The monoisotopic (exact) mass is 365 g/mol. The molecule has 2 aromatic carbocycles. The molecule has 6 nitrogen and oxygen atoms in total. The number of carbonyl (C=O) groups is 2. The summed E-state index contributed by atoms with van der Waals surface area (Å²) >= 11 is 0. The topological polar surface area (TPSA) is 77.6 Å². The van der Waals surface area contributed by atoms with Crippen LogP contribution in [-0.2, 0) is 9.53 Å². The van der Waals surface area contributed by atoms with Crippen molar-refractivity contribution in [2.75, 3.05) is 6.61 Å². The van der Waals surface area contributed by atoms with Crippen LogP contribution in [0.25, 0.3) is 10.9 Å². The molecule has 6 heteroatoms. The van der Waals surface area contributed by atoms with Crippen molar-refractivity contribution in [3.8, 4) is 11.5 Å². The minimum Gasteiger partial charge on any atom is -0.485 e. The van der Waals surface area contributed by atoms with Crippen LogP contribution in [0.2, 0.25) is 0 Å². The Morgan fingerprint density at radius 2 is 1.81 bits per heavy atom. The number of hydrogen-bond acceptors (Lipinski definition) is 5. The zero-order chi connectivity index (χ0) is 19.0. The number of aromatic nitrogens is 1. The van der Waals surface area contributed by atoms with Crippen molar-refractivity contribution in [2.24, 2.45) is 0 Å². The molecule has 0 aliphatic carbocycles. The molecule has 1 aliphatic heterocycles. The first-order valence-electron chi connectivity index (χ1n) is 8.75. The van der Waals surface area contributed by atoms with Gasteiger partial charge in [0.15, 0.2) is 17.6 Å². The fourth-order valence-electron chi connectivity index (χ4n) is 3.24. The van der Waals surface area contributed by atoms with Gasteiger partial charge in [0.05, 0.1) is 0 Å². The van der Waals surface area contributed by atoms with Crippen molar-refractivity contribution in [3.05, 3.63) is 59.8 Å². The zero-order valence-corrected chi connectivity index (χ0v) is 15.0. The van der Waals surface area contributed by atoms with Crippen LogP contribution in [0.15, 0.2) is 48.5 Å². The van der Waals surface area contributed by atoms with Gasteiger partial charge in [-0.15, -0.1) is 0 Å². The summed E-state index contributed by atoms with van der Waals surface area (Å²) in [6.07, 6.45) is -1.84. The van der Waals surface area contributed by atoms with Crippen LogP contribution in [0, 0.1) is 6.92 Å². The number of ketones is 1. The van der Waals surface area contributed by atoms with Crippen LogP contribution in [0.1, 0.15) is 23.0 Å². The second kappa shape index (κ2) is 6.79. The van der Waals surface area contributed by atoms with Crippen molar-refractivity contribution < 1.29 is 23.8 Å². The quantitative estimate of drug-likeness (QED) is 0.566. The van der Waals surface area contributed by atoms with Gasteiger partial charge < -0.3 is 19.2 Å². The standard InChI is InChI=1S/C21H19NO5/c1-12-19(14-7-3-4-8-15(14)22-12)20(23)13(2)26-21(24)18-11-25-16-9-5-6-10-17(16)27-18/h3-10,13,18,22H,11H2,1-2H3/t13-,18-/m0/s1. The Labute approximate surface area is 156 Å². The SMILES string of the molecule is Cc1[nH]c2ccccc2c1C(=O)[C@H](C)OC(=O)[C@@H]1COc2ccccc2O1. The highest BCUT2D eigenvalue weighted by molar-refractivity contribution is 6.11. The Kier molecular flexibility index (Phi) is 4.32. The maximum atomic E-state index is 12.9. The van der Waals surface area contributed by atoms with Crippen LogP contribution in [0.5, 0.6) is 11.5 Å². The number of para-hydroxylation sites is 3. The van der Waals surface area contributed by atoms with E-state index in [-0.39, 0.29) is 12.4 Å². The van der Waals surface area contributed by atoms with Gasteiger partial charge >= 0.3 is 5.97 Å². The highest BCUT2D eigenvalue weighted by Gasteiger charge is 2.32. The number of hydrogen-bond donors (Lipinski definition) is 1. The lowest BCUT2D eigenvalue weighted by Gasteiger charge is -2.25. The van der Waals surface area contributed by atoms with Crippen LogP contribution in [-0.4, -0.2) is 35.6 Å². The van der Waals surface area contributed by atoms with Gasteiger partial charge in [0.25, 0.3) is 0 Å². The number of H-pyrrole nitrogens is 1. The highest BCUT2D eigenvalue weighted by Crippen LogP contribution is 2.31. The second-order valence-corrected chi connectivity index (χ2v) is 6.48. The molecule has 1 aromatic heterocycles. The molecule has 2 heterocycles. The molecular formula is C21H19NO5. The summed E-state index contributed by atoms with van der Waals surface area (Å²) in [7, 11) is 0. The van der Waals surface area contributed by atoms with Crippen LogP contribution >= 0.6 is 0 Å². The van der Waals surface area contributed by atoms with Crippen LogP contribution < -0.4 is 9.47 Å². The molecule has 138 valence electrons. The van der Waals surface area contributed by atoms with Crippen LogP contribution in [0.3, 0.4) is 0 Å². The molecule has 0 saturated heterocycles. The number of Topliss-reactive ketones (excluding diaryl/α,β-unsaturated/α-hetero) is 1.